The predicted molar refractivity (Wildman–Crippen MR) is 87.7 cm³/mol. The Balaban J connectivity index is 0.00000127. The van der Waals surface area contributed by atoms with E-state index in [1.165, 1.54) is 6.20 Å². The summed E-state index contributed by atoms with van der Waals surface area (Å²) in [7, 11) is 0. The number of ether oxygens (including phenoxy) is 1. The smallest absolute Gasteiger partial charge is 0.306 e. The second kappa shape index (κ2) is 9.18. The Bertz CT molecular complexity index is 496. The molecule has 2 rings (SSSR count). The van der Waals surface area contributed by atoms with Crippen molar-refractivity contribution < 1.29 is 19.0 Å². The lowest BCUT2D eigenvalue weighted by Gasteiger charge is -2.36. The number of rotatable bonds is 4. The lowest BCUT2D eigenvalue weighted by molar-refractivity contribution is -0.145. The molecule has 0 bridgehead atoms. The van der Waals surface area contributed by atoms with Gasteiger partial charge in [0.25, 0.3) is 0 Å². The van der Waals surface area contributed by atoms with E-state index in [9.17, 15) is 14.3 Å². The van der Waals surface area contributed by atoms with Gasteiger partial charge in [-0.05, 0) is 38.5 Å². The van der Waals surface area contributed by atoms with Gasteiger partial charge < -0.3 is 9.84 Å². The third-order valence-corrected chi connectivity index (χ3v) is 4.30. The normalized spacial score (nSPS) is 23.7. The average Bonchev–Trinajstić information content (AvgIpc) is 2.52. The van der Waals surface area contributed by atoms with Gasteiger partial charge in [-0.15, -0.1) is 0 Å². The number of halogens is 2. The van der Waals surface area contributed by atoms with Crippen molar-refractivity contribution >= 4 is 17.6 Å². The Morgan fingerprint density at radius 1 is 1.43 bits per heavy atom. The van der Waals surface area contributed by atoms with Crippen LogP contribution in [0.3, 0.4) is 0 Å². The number of nitrogens with zero attached hydrogens (tertiary/aromatic N) is 1. The third-order valence-electron chi connectivity index (χ3n) is 4.01. The van der Waals surface area contributed by atoms with Crippen molar-refractivity contribution in [2.24, 2.45) is 5.92 Å². The first-order valence-corrected chi connectivity index (χ1v) is 8.51. The second-order valence-corrected chi connectivity index (χ2v) is 5.87. The van der Waals surface area contributed by atoms with Crippen LogP contribution >= 0.6 is 11.6 Å². The number of aromatic nitrogens is 1. The number of carbonyl (C=O) groups is 1. The predicted octanol–water partition coefficient (Wildman–Crippen LogP) is 4.23. The number of hydrogen-bond acceptors (Lipinski definition) is 4. The van der Waals surface area contributed by atoms with Gasteiger partial charge in [-0.3, -0.25) is 9.78 Å². The minimum Gasteiger partial charge on any atom is -0.466 e. The molecule has 6 heteroatoms. The molecule has 1 aliphatic carbocycles. The second-order valence-electron chi connectivity index (χ2n) is 5.46. The zero-order valence-electron chi connectivity index (χ0n) is 13.9. The van der Waals surface area contributed by atoms with Gasteiger partial charge in [-0.25, -0.2) is 4.39 Å². The molecular weight excluding hydrogens is 321 g/mol. The molecule has 0 saturated heterocycles. The van der Waals surface area contributed by atoms with Crippen LogP contribution in [-0.2, 0) is 15.1 Å². The van der Waals surface area contributed by atoms with E-state index in [-0.39, 0.29) is 22.5 Å². The van der Waals surface area contributed by atoms with E-state index in [1.54, 1.807) is 6.92 Å². The van der Waals surface area contributed by atoms with Crippen LogP contribution in [0.15, 0.2) is 12.4 Å². The van der Waals surface area contributed by atoms with Crippen molar-refractivity contribution in [3.63, 3.8) is 0 Å². The highest BCUT2D eigenvalue weighted by Crippen LogP contribution is 2.43. The molecule has 1 aliphatic rings. The van der Waals surface area contributed by atoms with Gasteiger partial charge in [-0.2, -0.15) is 0 Å². The summed E-state index contributed by atoms with van der Waals surface area (Å²) < 4.78 is 18.8. The Hall–Kier alpha value is -1.20. The summed E-state index contributed by atoms with van der Waals surface area (Å²) in [6.07, 6.45) is 4.75. The maximum Gasteiger partial charge on any atom is 0.306 e. The van der Waals surface area contributed by atoms with Crippen molar-refractivity contribution in [3.05, 3.63) is 28.8 Å². The Morgan fingerprint density at radius 2 is 2.04 bits per heavy atom. The first-order chi connectivity index (χ1) is 11.0. The highest BCUT2D eigenvalue weighted by Gasteiger charge is 2.39. The molecule has 4 nitrogen and oxygen atoms in total. The lowest BCUT2D eigenvalue weighted by atomic mass is 9.74. The van der Waals surface area contributed by atoms with Gasteiger partial charge in [-0.1, -0.05) is 25.4 Å². The minimum atomic E-state index is -1.28. The third kappa shape index (κ3) is 5.15. The molecule has 0 spiro atoms. The quantitative estimate of drug-likeness (QED) is 0.829. The number of pyridine rings is 1. The van der Waals surface area contributed by atoms with E-state index in [0.717, 1.165) is 6.20 Å². The van der Waals surface area contributed by atoms with Crippen molar-refractivity contribution in [1.29, 1.82) is 0 Å². The summed E-state index contributed by atoms with van der Waals surface area (Å²) >= 11 is 5.98. The highest BCUT2D eigenvalue weighted by atomic mass is 35.5. The number of carbonyl (C=O) groups excluding carboxylic acids is 1. The van der Waals surface area contributed by atoms with E-state index in [1.807, 2.05) is 13.8 Å². The molecule has 1 fully saturated rings. The molecule has 130 valence electrons. The molecule has 1 aromatic rings. The summed E-state index contributed by atoms with van der Waals surface area (Å²) in [5.41, 5.74) is -1.16. The molecule has 1 saturated carbocycles. The van der Waals surface area contributed by atoms with Crippen LogP contribution in [0.1, 0.15) is 58.4 Å². The molecule has 1 aromatic heterocycles. The lowest BCUT2D eigenvalue weighted by Crippen LogP contribution is -2.33. The molecule has 1 heterocycles. The van der Waals surface area contributed by atoms with E-state index < -0.39 is 11.4 Å². The van der Waals surface area contributed by atoms with Gasteiger partial charge in [0.15, 0.2) is 0 Å². The topological polar surface area (TPSA) is 59.4 Å². The number of esters is 1. The fraction of sp³-hybridized carbons (Fsp3) is 0.647. The maximum absolute atomic E-state index is 13.9. The van der Waals surface area contributed by atoms with Crippen LogP contribution in [0.5, 0.6) is 0 Å². The van der Waals surface area contributed by atoms with Crippen LogP contribution in [0.4, 0.5) is 4.39 Å². The van der Waals surface area contributed by atoms with Crippen LogP contribution in [0, 0.1) is 11.7 Å². The molecular formula is C17H25ClFNO3. The van der Waals surface area contributed by atoms with Crippen LogP contribution in [0.2, 0.25) is 5.02 Å². The standard InChI is InChI=1S/C15H19ClFNO3.C2H6/c1-2-21-13(19)7-10-3-5-15(20,6-4-10)14-11(16)8-18-9-12(14)17;1-2/h8-10,20H,2-7H2,1H3;1-2H3. The molecule has 23 heavy (non-hydrogen) atoms. The SMILES string of the molecule is CC.CCOC(=O)CC1CCC(O)(c2c(F)cncc2Cl)CC1. The summed E-state index contributed by atoms with van der Waals surface area (Å²) in [6, 6.07) is 0. The highest BCUT2D eigenvalue weighted by molar-refractivity contribution is 6.31. The average molecular weight is 346 g/mol. The molecule has 0 atom stereocenters. The molecule has 1 N–H and O–H groups in total. The number of hydrogen-bond donors (Lipinski definition) is 1. The molecule has 0 amide bonds. The number of aliphatic hydroxyl groups is 1. The van der Waals surface area contributed by atoms with Gasteiger partial charge >= 0.3 is 5.97 Å². The summed E-state index contributed by atoms with van der Waals surface area (Å²) in [5.74, 6) is -0.650. The monoisotopic (exact) mass is 345 g/mol. The summed E-state index contributed by atoms with van der Waals surface area (Å²) in [5, 5.41) is 10.8. The van der Waals surface area contributed by atoms with Crippen molar-refractivity contribution in [2.75, 3.05) is 6.61 Å². The Morgan fingerprint density at radius 3 is 2.57 bits per heavy atom. The maximum atomic E-state index is 13.9. The minimum absolute atomic E-state index is 0.119. The van der Waals surface area contributed by atoms with Crippen LogP contribution in [0.25, 0.3) is 0 Å². The van der Waals surface area contributed by atoms with Gasteiger partial charge in [0, 0.05) is 18.2 Å². The molecule has 0 radical (unpaired) electrons. The fourth-order valence-electron chi connectivity index (χ4n) is 2.92. The van der Waals surface area contributed by atoms with E-state index in [4.69, 9.17) is 16.3 Å². The largest absolute Gasteiger partial charge is 0.466 e. The van der Waals surface area contributed by atoms with E-state index in [2.05, 4.69) is 4.98 Å². The fourth-order valence-corrected chi connectivity index (χ4v) is 3.24. The first kappa shape index (κ1) is 19.8. The molecule has 0 aliphatic heterocycles. The summed E-state index contributed by atoms with van der Waals surface area (Å²) in [4.78, 5) is 15.1. The molecule has 0 unspecified atom stereocenters. The molecule has 0 aromatic carbocycles. The van der Waals surface area contributed by atoms with E-state index in [0.29, 0.717) is 38.7 Å². The summed E-state index contributed by atoms with van der Waals surface area (Å²) in [6.45, 7) is 6.14. The zero-order valence-corrected chi connectivity index (χ0v) is 14.7. The van der Waals surface area contributed by atoms with Gasteiger partial charge in [0.05, 0.1) is 23.4 Å². The van der Waals surface area contributed by atoms with Crippen molar-refractivity contribution in [2.45, 2.75) is 58.5 Å². The van der Waals surface area contributed by atoms with Crippen LogP contribution in [-0.4, -0.2) is 22.7 Å². The zero-order chi connectivity index (χ0) is 17.5. The van der Waals surface area contributed by atoms with Gasteiger partial charge in [0.2, 0.25) is 0 Å². The van der Waals surface area contributed by atoms with E-state index >= 15 is 0 Å². The first-order valence-electron chi connectivity index (χ1n) is 8.13. The van der Waals surface area contributed by atoms with Crippen molar-refractivity contribution in [3.8, 4) is 0 Å². The Kier molecular flexibility index (Phi) is 7.92. The van der Waals surface area contributed by atoms with Crippen molar-refractivity contribution in [1.82, 2.24) is 4.98 Å². The Labute approximate surface area is 142 Å². The van der Waals surface area contributed by atoms with Gasteiger partial charge in [0.1, 0.15) is 5.82 Å². The van der Waals surface area contributed by atoms with Crippen LogP contribution < -0.4 is 0 Å².